The van der Waals surface area contributed by atoms with Crippen LogP contribution in [0.4, 0.5) is 0 Å². The first kappa shape index (κ1) is 13.5. The second-order valence-electron chi connectivity index (χ2n) is 4.74. The lowest BCUT2D eigenvalue weighted by Crippen LogP contribution is -2.43. The van der Waals surface area contributed by atoms with E-state index in [0.29, 0.717) is 12.5 Å². The molecule has 0 fully saturated rings. The Kier molecular flexibility index (Phi) is 4.33. The number of hydrogen-bond donors (Lipinski definition) is 0. The maximum atomic E-state index is 5.74. The molecular formula is C12H19BrN2O. The SMILES string of the molecule is Cc1ccnc(OCC(C)(C)N(C)C)c1Br. The Morgan fingerprint density at radius 2 is 2.06 bits per heavy atom. The van der Waals surface area contributed by atoms with Crippen LogP contribution < -0.4 is 4.74 Å². The summed E-state index contributed by atoms with van der Waals surface area (Å²) in [5.74, 6) is 0.662. The fourth-order valence-corrected chi connectivity index (χ4v) is 1.34. The van der Waals surface area contributed by atoms with E-state index in [9.17, 15) is 0 Å². The number of likely N-dealkylation sites (N-methyl/N-ethyl adjacent to an activating group) is 1. The molecule has 0 saturated carbocycles. The van der Waals surface area contributed by atoms with E-state index in [-0.39, 0.29) is 5.54 Å². The molecule has 4 heteroatoms. The molecule has 1 heterocycles. The van der Waals surface area contributed by atoms with E-state index in [0.717, 1.165) is 10.0 Å². The van der Waals surface area contributed by atoms with E-state index < -0.39 is 0 Å². The Bertz CT molecular complexity index is 364. The number of halogens is 1. The smallest absolute Gasteiger partial charge is 0.228 e. The fraction of sp³-hybridized carbons (Fsp3) is 0.583. The van der Waals surface area contributed by atoms with Gasteiger partial charge in [-0.25, -0.2) is 4.98 Å². The predicted octanol–water partition coefficient (Wildman–Crippen LogP) is 2.87. The summed E-state index contributed by atoms with van der Waals surface area (Å²) >= 11 is 3.48. The molecule has 1 aromatic rings. The van der Waals surface area contributed by atoms with Crippen molar-refractivity contribution in [2.75, 3.05) is 20.7 Å². The lowest BCUT2D eigenvalue weighted by molar-refractivity contribution is 0.110. The Morgan fingerprint density at radius 3 is 2.62 bits per heavy atom. The number of hydrogen-bond acceptors (Lipinski definition) is 3. The third-order valence-electron chi connectivity index (χ3n) is 2.82. The van der Waals surface area contributed by atoms with Crippen molar-refractivity contribution < 1.29 is 4.74 Å². The molecule has 3 nitrogen and oxygen atoms in total. The molecule has 0 atom stereocenters. The summed E-state index contributed by atoms with van der Waals surface area (Å²) in [6, 6.07) is 1.95. The van der Waals surface area contributed by atoms with Gasteiger partial charge < -0.3 is 9.64 Å². The summed E-state index contributed by atoms with van der Waals surface area (Å²) in [6.07, 6.45) is 1.76. The number of aromatic nitrogens is 1. The molecule has 0 radical (unpaired) electrons. The molecule has 0 aliphatic carbocycles. The first-order chi connectivity index (χ1) is 7.34. The summed E-state index contributed by atoms with van der Waals surface area (Å²) in [4.78, 5) is 6.35. The Balaban J connectivity index is 2.72. The van der Waals surface area contributed by atoms with Gasteiger partial charge in [0.2, 0.25) is 5.88 Å². The van der Waals surface area contributed by atoms with E-state index in [2.05, 4.69) is 39.7 Å². The second-order valence-corrected chi connectivity index (χ2v) is 5.54. The molecule has 16 heavy (non-hydrogen) atoms. The minimum atomic E-state index is -0.00906. The van der Waals surface area contributed by atoms with Crippen LogP contribution in [0.2, 0.25) is 0 Å². The van der Waals surface area contributed by atoms with Crippen molar-refractivity contribution in [3.63, 3.8) is 0 Å². The molecule has 1 aromatic heterocycles. The van der Waals surface area contributed by atoms with Gasteiger partial charge in [0.15, 0.2) is 0 Å². The summed E-state index contributed by atoms with van der Waals surface area (Å²) in [7, 11) is 4.09. The van der Waals surface area contributed by atoms with Gasteiger partial charge in [-0.15, -0.1) is 0 Å². The molecule has 1 rings (SSSR count). The predicted molar refractivity (Wildman–Crippen MR) is 69.9 cm³/mol. The van der Waals surface area contributed by atoms with E-state index in [1.54, 1.807) is 6.20 Å². The Labute approximate surface area is 106 Å². The normalized spacial score (nSPS) is 11.9. The van der Waals surface area contributed by atoms with Crippen LogP contribution in [0.15, 0.2) is 16.7 Å². The highest BCUT2D eigenvalue weighted by molar-refractivity contribution is 9.10. The lowest BCUT2D eigenvalue weighted by Gasteiger charge is -2.32. The Hall–Kier alpha value is -0.610. The molecule has 0 aliphatic rings. The number of pyridine rings is 1. The van der Waals surface area contributed by atoms with Gasteiger partial charge in [-0.2, -0.15) is 0 Å². The summed E-state index contributed by atoms with van der Waals surface area (Å²) in [5.41, 5.74) is 1.12. The number of rotatable bonds is 4. The lowest BCUT2D eigenvalue weighted by atomic mass is 10.1. The first-order valence-corrected chi connectivity index (χ1v) is 6.05. The summed E-state index contributed by atoms with van der Waals surface area (Å²) < 4.78 is 6.68. The summed E-state index contributed by atoms with van der Waals surface area (Å²) in [6.45, 7) is 6.90. The summed E-state index contributed by atoms with van der Waals surface area (Å²) in [5, 5.41) is 0. The molecule has 0 saturated heterocycles. The van der Waals surface area contributed by atoms with Crippen molar-refractivity contribution in [1.82, 2.24) is 9.88 Å². The highest BCUT2D eigenvalue weighted by Crippen LogP contribution is 2.26. The molecule has 0 aromatic carbocycles. The standard InChI is InChI=1S/C12H19BrN2O/c1-9-6-7-14-11(10(9)13)16-8-12(2,3)15(4)5/h6-7H,8H2,1-5H3. The quantitative estimate of drug-likeness (QED) is 0.851. The topological polar surface area (TPSA) is 25.4 Å². The molecule has 0 N–H and O–H groups in total. The number of ether oxygens (including phenoxy) is 1. The highest BCUT2D eigenvalue weighted by atomic mass is 79.9. The average molecular weight is 287 g/mol. The monoisotopic (exact) mass is 286 g/mol. The largest absolute Gasteiger partial charge is 0.475 e. The third kappa shape index (κ3) is 3.19. The minimum absolute atomic E-state index is 0.00906. The molecule has 0 bridgehead atoms. The van der Waals surface area contributed by atoms with E-state index in [1.807, 2.05) is 27.1 Å². The van der Waals surface area contributed by atoms with Crippen molar-refractivity contribution in [1.29, 1.82) is 0 Å². The van der Waals surface area contributed by atoms with Crippen molar-refractivity contribution >= 4 is 15.9 Å². The van der Waals surface area contributed by atoms with Crippen LogP contribution in [-0.2, 0) is 0 Å². The molecular weight excluding hydrogens is 268 g/mol. The van der Waals surface area contributed by atoms with Crippen LogP contribution in [0.25, 0.3) is 0 Å². The molecule has 0 aliphatic heterocycles. The molecule has 90 valence electrons. The first-order valence-electron chi connectivity index (χ1n) is 5.26. The van der Waals surface area contributed by atoms with Gasteiger partial charge in [-0.1, -0.05) is 0 Å². The van der Waals surface area contributed by atoms with Crippen molar-refractivity contribution in [2.24, 2.45) is 0 Å². The van der Waals surface area contributed by atoms with Gasteiger partial charge in [0.05, 0.1) is 4.47 Å². The fourth-order valence-electron chi connectivity index (χ4n) is 0.990. The van der Waals surface area contributed by atoms with Crippen molar-refractivity contribution in [3.05, 3.63) is 22.3 Å². The maximum Gasteiger partial charge on any atom is 0.228 e. The Morgan fingerprint density at radius 1 is 1.44 bits per heavy atom. The van der Waals surface area contributed by atoms with Gasteiger partial charge in [-0.05, 0) is 62.4 Å². The van der Waals surface area contributed by atoms with Gasteiger partial charge in [-0.3, -0.25) is 0 Å². The van der Waals surface area contributed by atoms with Crippen LogP contribution in [0.3, 0.4) is 0 Å². The highest BCUT2D eigenvalue weighted by Gasteiger charge is 2.22. The second kappa shape index (κ2) is 5.15. The average Bonchev–Trinajstić information content (AvgIpc) is 2.20. The number of aryl methyl sites for hydroxylation is 1. The van der Waals surface area contributed by atoms with E-state index in [1.165, 1.54) is 0 Å². The van der Waals surface area contributed by atoms with Crippen molar-refractivity contribution in [3.8, 4) is 5.88 Å². The van der Waals surface area contributed by atoms with Crippen molar-refractivity contribution in [2.45, 2.75) is 26.3 Å². The van der Waals surface area contributed by atoms with Crippen LogP contribution >= 0.6 is 15.9 Å². The third-order valence-corrected chi connectivity index (χ3v) is 3.79. The zero-order chi connectivity index (χ0) is 12.3. The van der Waals surface area contributed by atoms with Crippen LogP contribution in [0.1, 0.15) is 19.4 Å². The molecule has 0 unspecified atom stereocenters. The zero-order valence-corrected chi connectivity index (χ0v) is 12.1. The van der Waals surface area contributed by atoms with Crippen LogP contribution in [-0.4, -0.2) is 36.1 Å². The number of nitrogens with zero attached hydrogens (tertiary/aromatic N) is 2. The maximum absolute atomic E-state index is 5.74. The minimum Gasteiger partial charge on any atom is -0.475 e. The molecule has 0 amide bonds. The zero-order valence-electron chi connectivity index (χ0n) is 10.5. The molecule has 0 spiro atoms. The van der Waals surface area contributed by atoms with Gasteiger partial charge in [0, 0.05) is 11.7 Å². The van der Waals surface area contributed by atoms with E-state index >= 15 is 0 Å². The van der Waals surface area contributed by atoms with Gasteiger partial charge in [0.25, 0.3) is 0 Å². The van der Waals surface area contributed by atoms with Gasteiger partial charge >= 0.3 is 0 Å². The van der Waals surface area contributed by atoms with Crippen LogP contribution in [0, 0.1) is 6.92 Å². The van der Waals surface area contributed by atoms with Gasteiger partial charge in [0.1, 0.15) is 6.61 Å². The van der Waals surface area contributed by atoms with Crippen LogP contribution in [0.5, 0.6) is 5.88 Å². The van der Waals surface area contributed by atoms with E-state index in [4.69, 9.17) is 4.74 Å².